The van der Waals surface area contributed by atoms with Gasteiger partial charge in [-0.3, -0.25) is 4.79 Å². The van der Waals surface area contributed by atoms with Crippen molar-refractivity contribution in [1.82, 2.24) is 0 Å². The Morgan fingerprint density at radius 1 is 1.36 bits per heavy atom. The molecule has 0 radical (unpaired) electrons. The Balaban J connectivity index is 3.35. The lowest BCUT2D eigenvalue weighted by Gasteiger charge is -2.05. The number of rotatable bonds is 3. The zero-order valence-electron chi connectivity index (χ0n) is 7.85. The van der Waals surface area contributed by atoms with Gasteiger partial charge < -0.3 is 4.74 Å². The predicted molar refractivity (Wildman–Crippen MR) is 51.5 cm³/mol. The average molecular weight is 214 g/mol. The summed E-state index contributed by atoms with van der Waals surface area (Å²) in [5, 5.41) is 0. The van der Waals surface area contributed by atoms with Crippen LogP contribution in [0.4, 0.5) is 0 Å². The summed E-state index contributed by atoms with van der Waals surface area (Å²) in [7, 11) is -1.87. The smallest absolute Gasteiger partial charge is 0.175 e. The number of hydrogen-bond donors (Lipinski definition) is 0. The van der Waals surface area contributed by atoms with Crippen molar-refractivity contribution < 1.29 is 17.9 Å². The van der Waals surface area contributed by atoms with E-state index < -0.39 is 9.84 Å². The van der Waals surface area contributed by atoms with Crippen LogP contribution in [0.1, 0.15) is 10.4 Å². The van der Waals surface area contributed by atoms with Gasteiger partial charge in [0.25, 0.3) is 0 Å². The standard InChI is InChI=1S/C9H10O4S/c1-13-9-5-8(14(2,11)12)4-3-7(9)6-10/h3-6H,1-2H3. The molecule has 1 rings (SSSR count). The predicted octanol–water partition coefficient (Wildman–Crippen LogP) is 0.911. The van der Waals surface area contributed by atoms with Crippen molar-refractivity contribution in [2.24, 2.45) is 0 Å². The Bertz CT molecular complexity index is 448. The van der Waals surface area contributed by atoms with Crippen molar-refractivity contribution >= 4 is 16.1 Å². The van der Waals surface area contributed by atoms with E-state index in [9.17, 15) is 13.2 Å². The molecule has 14 heavy (non-hydrogen) atoms. The van der Waals surface area contributed by atoms with Crippen LogP contribution in [0.5, 0.6) is 5.75 Å². The van der Waals surface area contributed by atoms with Crippen molar-refractivity contribution in [3.8, 4) is 5.75 Å². The molecule has 0 spiro atoms. The van der Waals surface area contributed by atoms with Crippen LogP contribution in [0.15, 0.2) is 23.1 Å². The minimum atomic E-state index is -3.26. The Morgan fingerprint density at radius 2 is 2.00 bits per heavy atom. The first-order chi connectivity index (χ1) is 6.49. The van der Waals surface area contributed by atoms with E-state index in [4.69, 9.17) is 4.74 Å². The summed E-state index contributed by atoms with van der Waals surface area (Å²) in [6.45, 7) is 0. The maximum absolute atomic E-state index is 11.2. The maximum Gasteiger partial charge on any atom is 0.175 e. The molecule has 0 saturated heterocycles. The number of benzene rings is 1. The van der Waals surface area contributed by atoms with E-state index in [2.05, 4.69) is 0 Å². The van der Waals surface area contributed by atoms with Gasteiger partial charge in [0.05, 0.1) is 17.6 Å². The second-order valence-electron chi connectivity index (χ2n) is 2.79. The van der Waals surface area contributed by atoms with Crippen LogP contribution in [0.25, 0.3) is 0 Å². The van der Waals surface area contributed by atoms with Crippen LogP contribution < -0.4 is 4.74 Å². The number of methoxy groups -OCH3 is 1. The Morgan fingerprint density at radius 3 is 2.43 bits per heavy atom. The van der Waals surface area contributed by atoms with Gasteiger partial charge in [-0.1, -0.05) is 0 Å². The highest BCUT2D eigenvalue weighted by Gasteiger charge is 2.10. The molecule has 1 aromatic carbocycles. The van der Waals surface area contributed by atoms with Crippen LogP contribution in [-0.2, 0) is 9.84 Å². The van der Waals surface area contributed by atoms with Gasteiger partial charge in [-0.05, 0) is 18.2 Å². The zero-order valence-corrected chi connectivity index (χ0v) is 8.67. The number of carbonyl (C=O) groups excluding carboxylic acids is 1. The zero-order chi connectivity index (χ0) is 10.8. The summed E-state index contributed by atoms with van der Waals surface area (Å²) in [6.07, 6.45) is 1.72. The lowest BCUT2D eigenvalue weighted by molar-refractivity contribution is 0.112. The number of sulfone groups is 1. The number of carbonyl (C=O) groups is 1. The van der Waals surface area contributed by atoms with E-state index in [1.54, 1.807) is 0 Å². The molecular formula is C9H10O4S. The highest BCUT2D eigenvalue weighted by molar-refractivity contribution is 7.90. The van der Waals surface area contributed by atoms with E-state index >= 15 is 0 Å². The Hall–Kier alpha value is -1.36. The number of hydrogen-bond acceptors (Lipinski definition) is 4. The number of aldehydes is 1. The minimum Gasteiger partial charge on any atom is -0.496 e. The largest absolute Gasteiger partial charge is 0.496 e. The average Bonchev–Trinajstić information content (AvgIpc) is 2.15. The van der Waals surface area contributed by atoms with Gasteiger partial charge in [0.2, 0.25) is 0 Å². The SMILES string of the molecule is COc1cc(S(C)(=O)=O)ccc1C=O. The van der Waals surface area contributed by atoms with Crippen molar-refractivity contribution in [1.29, 1.82) is 0 Å². The summed E-state index contributed by atoms with van der Waals surface area (Å²) in [6, 6.07) is 4.13. The molecule has 1 aromatic rings. The molecule has 0 aliphatic rings. The highest BCUT2D eigenvalue weighted by Crippen LogP contribution is 2.21. The van der Waals surface area contributed by atoms with Gasteiger partial charge in [-0.25, -0.2) is 8.42 Å². The second kappa shape index (κ2) is 3.79. The van der Waals surface area contributed by atoms with Gasteiger partial charge >= 0.3 is 0 Å². The second-order valence-corrected chi connectivity index (χ2v) is 4.81. The van der Waals surface area contributed by atoms with Crippen LogP contribution in [0.2, 0.25) is 0 Å². The lowest BCUT2D eigenvalue weighted by atomic mass is 10.2. The molecule has 4 nitrogen and oxygen atoms in total. The molecule has 76 valence electrons. The van der Waals surface area contributed by atoms with Crippen molar-refractivity contribution in [3.63, 3.8) is 0 Å². The monoisotopic (exact) mass is 214 g/mol. The van der Waals surface area contributed by atoms with E-state index in [-0.39, 0.29) is 10.6 Å². The molecule has 0 fully saturated rings. The third kappa shape index (κ3) is 2.11. The molecule has 0 unspecified atom stereocenters. The molecule has 0 aliphatic carbocycles. The number of ether oxygens (including phenoxy) is 1. The summed E-state index contributed by atoms with van der Waals surface area (Å²) in [5.41, 5.74) is 0.333. The molecule has 0 amide bonds. The summed E-state index contributed by atoms with van der Waals surface area (Å²) < 4.78 is 27.2. The molecule has 0 aromatic heterocycles. The molecule has 0 bridgehead atoms. The first-order valence-corrected chi connectivity index (χ1v) is 5.71. The van der Waals surface area contributed by atoms with Crippen LogP contribution in [-0.4, -0.2) is 28.1 Å². The van der Waals surface area contributed by atoms with Crippen molar-refractivity contribution in [2.75, 3.05) is 13.4 Å². The van der Waals surface area contributed by atoms with Crippen molar-refractivity contribution in [3.05, 3.63) is 23.8 Å². The van der Waals surface area contributed by atoms with Crippen LogP contribution in [0, 0.1) is 0 Å². The first kappa shape index (κ1) is 10.7. The molecule has 0 aliphatic heterocycles. The first-order valence-electron chi connectivity index (χ1n) is 3.82. The summed E-state index contributed by atoms with van der Waals surface area (Å²) in [5.74, 6) is 0.267. The van der Waals surface area contributed by atoms with Crippen molar-refractivity contribution in [2.45, 2.75) is 4.90 Å². The minimum absolute atomic E-state index is 0.139. The van der Waals surface area contributed by atoms with Crippen LogP contribution >= 0.6 is 0 Å². The van der Waals surface area contributed by atoms with Crippen LogP contribution in [0.3, 0.4) is 0 Å². The van der Waals surface area contributed by atoms with E-state index in [1.165, 1.54) is 25.3 Å². The van der Waals surface area contributed by atoms with E-state index in [0.717, 1.165) is 6.26 Å². The van der Waals surface area contributed by atoms with Gasteiger partial charge in [-0.15, -0.1) is 0 Å². The quantitative estimate of drug-likeness (QED) is 0.702. The third-order valence-corrected chi connectivity index (χ3v) is 2.87. The molecule has 5 heteroatoms. The van der Waals surface area contributed by atoms with Gasteiger partial charge in [-0.2, -0.15) is 0 Å². The summed E-state index contributed by atoms with van der Waals surface area (Å²) in [4.78, 5) is 10.7. The summed E-state index contributed by atoms with van der Waals surface area (Å²) >= 11 is 0. The van der Waals surface area contributed by atoms with E-state index in [0.29, 0.717) is 11.8 Å². The normalized spacial score (nSPS) is 11.0. The van der Waals surface area contributed by atoms with Gasteiger partial charge in [0, 0.05) is 6.26 Å². The molecule has 0 saturated carbocycles. The molecule has 0 heterocycles. The Labute approximate surface area is 82.4 Å². The fourth-order valence-electron chi connectivity index (χ4n) is 1.02. The maximum atomic E-state index is 11.2. The van der Waals surface area contributed by atoms with E-state index in [1.807, 2.05) is 0 Å². The fraction of sp³-hybridized carbons (Fsp3) is 0.222. The lowest BCUT2D eigenvalue weighted by Crippen LogP contribution is -1.99. The third-order valence-electron chi connectivity index (χ3n) is 1.76. The highest BCUT2D eigenvalue weighted by atomic mass is 32.2. The molecular weight excluding hydrogens is 204 g/mol. The van der Waals surface area contributed by atoms with Gasteiger partial charge in [0.1, 0.15) is 5.75 Å². The Kier molecular flexibility index (Phi) is 2.90. The molecule has 0 atom stereocenters. The topological polar surface area (TPSA) is 60.4 Å². The molecule has 0 N–H and O–H groups in total. The fourth-order valence-corrected chi connectivity index (χ4v) is 1.66. The van der Waals surface area contributed by atoms with Gasteiger partial charge in [0.15, 0.2) is 16.1 Å².